The number of nitrogens with one attached hydrogen (secondary N) is 2. The summed E-state index contributed by atoms with van der Waals surface area (Å²) in [5, 5.41) is 10.7. The van der Waals surface area contributed by atoms with Crippen molar-refractivity contribution in [3.8, 4) is 17.0 Å². The van der Waals surface area contributed by atoms with Crippen molar-refractivity contribution in [2.24, 2.45) is 0 Å². The van der Waals surface area contributed by atoms with Crippen LogP contribution in [0.2, 0.25) is 5.02 Å². The van der Waals surface area contributed by atoms with E-state index in [4.69, 9.17) is 20.9 Å². The van der Waals surface area contributed by atoms with Gasteiger partial charge in [0.05, 0.1) is 17.7 Å². The average Bonchev–Trinajstić information content (AvgIpc) is 3.17. The van der Waals surface area contributed by atoms with Gasteiger partial charge in [-0.05, 0) is 38.1 Å². The lowest BCUT2D eigenvalue weighted by atomic mass is 10.0. The molecule has 122 valence electrons. The Hall–Kier alpha value is -2.05. The molecular weight excluding hydrogens is 318 g/mol. The van der Waals surface area contributed by atoms with Crippen LogP contribution in [0.3, 0.4) is 0 Å². The molecule has 1 fully saturated rings. The molecule has 0 saturated carbocycles. The van der Waals surface area contributed by atoms with Crippen LogP contribution in [0.4, 0.5) is 0 Å². The lowest BCUT2D eigenvalue weighted by molar-refractivity contribution is 0.0875. The molecule has 0 aliphatic carbocycles. The van der Waals surface area contributed by atoms with Gasteiger partial charge >= 0.3 is 0 Å². The van der Waals surface area contributed by atoms with E-state index in [1.807, 2.05) is 6.92 Å². The van der Waals surface area contributed by atoms with E-state index >= 15 is 0 Å². The molecule has 6 nitrogen and oxygen atoms in total. The molecule has 1 aromatic heterocycles. The van der Waals surface area contributed by atoms with E-state index in [1.54, 1.807) is 31.4 Å². The van der Waals surface area contributed by atoms with Gasteiger partial charge in [0.25, 0.3) is 5.91 Å². The predicted molar refractivity (Wildman–Crippen MR) is 86.9 cm³/mol. The quantitative estimate of drug-likeness (QED) is 0.897. The van der Waals surface area contributed by atoms with Crippen molar-refractivity contribution in [2.45, 2.75) is 18.9 Å². The van der Waals surface area contributed by atoms with Gasteiger partial charge < -0.3 is 19.9 Å². The topological polar surface area (TPSA) is 76.4 Å². The fourth-order valence-electron chi connectivity index (χ4n) is 2.60. The third-order valence-corrected chi connectivity index (χ3v) is 4.30. The van der Waals surface area contributed by atoms with Crippen LogP contribution in [-0.2, 0) is 0 Å². The molecular formula is C16H18ClN3O3. The van der Waals surface area contributed by atoms with Crippen LogP contribution in [0, 0.1) is 0 Å². The van der Waals surface area contributed by atoms with Crippen molar-refractivity contribution < 1.29 is 14.1 Å². The van der Waals surface area contributed by atoms with Crippen LogP contribution >= 0.6 is 11.6 Å². The van der Waals surface area contributed by atoms with E-state index in [0.29, 0.717) is 22.0 Å². The molecule has 0 spiro atoms. The van der Waals surface area contributed by atoms with Gasteiger partial charge in [0.15, 0.2) is 0 Å². The van der Waals surface area contributed by atoms with E-state index in [9.17, 15) is 4.79 Å². The number of hydrogen-bond donors (Lipinski definition) is 2. The maximum absolute atomic E-state index is 12.3. The Morgan fingerprint density at radius 2 is 2.30 bits per heavy atom. The third kappa shape index (κ3) is 3.33. The highest BCUT2D eigenvalue weighted by Crippen LogP contribution is 2.31. The zero-order valence-electron chi connectivity index (χ0n) is 13.0. The first-order valence-corrected chi connectivity index (χ1v) is 7.72. The Kier molecular flexibility index (Phi) is 4.28. The Morgan fingerprint density at radius 3 is 3.00 bits per heavy atom. The van der Waals surface area contributed by atoms with Gasteiger partial charge in [-0.3, -0.25) is 4.79 Å². The molecule has 1 saturated heterocycles. The van der Waals surface area contributed by atoms with Crippen molar-refractivity contribution in [1.82, 2.24) is 15.8 Å². The smallest absolute Gasteiger partial charge is 0.290 e. The summed E-state index contributed by atoms with van der Waals surface area (Å²) in [4.78, 5) is 12.3. The fourth-order valence-corrected chi connectivity index (χ4v) is 2.81. The molecule has 7 heteroatoms. The number of methoxy groups -OCH3 is 1. The van der Waals surface area contributed by atoms with E-state index in [1.165, 1.54) is 0 Å². The van der Waals surface area contributed by atoms with Gasteiger partial charge in [0, 0.05) is 18.2 Å². The molecule has 23 heavy (non-hydrogen) atoms. The summed E-state index contributed by atoms with van der Waals surface area (Å²) in [7, 11) is 1.57. The number of carbonyl (C=O) groups is 1. The van der Waals surface area contributed by atoms with E-state index in [2.05, 4.69) is 15.8 Å². The molecule has 1 aromatic carbocycles. The first-order valence-electron chi connectivity index (χ1n) is 7.35. The van der Waals surface area contributed by atoms with Crippen molar-refractivity contribution in [3.63, 3.8) is 0 Å². The van der Waals surface area contributed by atoms with Crippen LogP contribution in [0.25, 0.3) is 11.3 Å². The SMILES string of the molecule is COc1ccc(Cl)c(-c2cc(C(=O)NC3(C)CCNC3)on2)c1. The number of amides is 1. The lowest BCUT2D eigenvalue weighted by Crippen LogP contribution is -2.47. The highest BCUT2D eigenvalue weighted by atomic mass is 35.5. The second-order valence-electron chi connectivity index (χ2n) is 5.86. The second-order valence-corrected chi connectivity index (χ2v) is 6.27. The first-order chi connectivity index (χ1) is 11.0. The van der Waals surface area contributed by atoms with Crippen LogP contribution in [-0.4, -0.2) is 36.8 Å². The summed E-state index contributed by atoms with van der Waals surface area (Å²) >= 11 is 6.19. The van der Waals surface area contributed by atoms with Gasteiger partial charge in [-0.1, -0.05) is 16.8 Å². The molecule has 1 amide bonds. The minimum Gasteiger partial charge on any atom is -0.497 e. The summed E-state index contributed by atoms with van der Waals surface area (Å²) in [5.74, 6) is 0.531. The van der Waals surface area contributed by atoms with Gasteiger partial charge in [-0.2, -0.15) is 0 Å². The number of hydrogen-bond acceptors (Lipinski definition) is 5. The van der Waals surface area contributed by atoms with Crippen LogP contribution in [0.15, 0.2) is 28.8 Å². The highest BCUT2D eigenvalue weighted by molar-refractivity contribution is 6.33. The Morgan fingerprint density at radius 1 is 1.48 bits per heavy atom. The second kappa shape index (κ2) is 6.22. The normalized spacial score (nSPS) is 20.5. The number of nitrogens with zero attached hydrogens (tertiary/aromatic N) is 1. The summed E-state index contributed by atoms with van der Waals surface area (Å²) in [6.07, 6.45) is 0.876. The predicted octanol–water partition coefficient (Wildman–Crippen LogP) is 2.49. The summed E-state index contributed by atoms with van der Waals surface area (Å²) in [6.45, 7) is 3.63. The van der Waals surface area contributed by atoms with Crippen molar-refractivity contribution in [1.29, 1.82) is 0 Å². The zero-order chi connectivity index (χ0) is 16.4. The van der Waals surface area contributed by atoms with Crippen LogP contribution < -0.4 is 15.4 Å². The Bertz CT molecular complexity index is 723. The van der Waals surface area contributed by atoms with Crippen molar-refractivity contribution in [3.05, 3.63) is 35.0 Å². The highest BCUT2D eigenvalue weighted by Gasteiger charge is 2.31. The lowest BCUT2D eigenvalue weighted by Gasteiger charge is -2.23. The average molecular weight is 336 g/mol. The van der Waals surface area contributed by atoms with E-state index < -0.39 is 0 Å². The van der Waals surface area contributed by atoms with Crippen molar-refractivity contribution >= 4 is 17.5 Å². The number of halogens is 1. The molecule has 1 aliphatic rings. The molecule has 1 aliphatic heterocycles. The minimum absolute atomic E-state index is 0.159. The van der Waals surface area contributed by atoms with Gasteiger partial charge in [0.2, 0.25) is 5.76 Å². The van der Waals surface area contributed by atoms with Gasteiger partial charge in [-0.25, -0.2) is 0 Å². The molecule has 1 unspecified atom stereocenters. The zero-order valence-corrected chi connectivity index (χ0v) is 13.7. The monoisotopic (exact) mass is 335 g/mol. The number of aromatic nitrogens is 1. The van der Waals surface area contributed by atoms with Crippen LogP contribution in [0.1, 0.15) is 23.9 Å². The molecule has 2 N–H and O–H groups in total. The third-order valence-electron chi connectivity index (χ3n) is 3.97. The number of ether oxygens (including phenoxy) is 1. The molecule has 0 radical (unpaired) electrons. The standard InChI is InChI=1S/C16H18ClN3O3/c1-16(5-6-18-9-16)19-15(21)14-8-13(20-23-14)11-7-10(22-2)3-4-12(11)17/h3-4,7-8,18H,5-6,9H2,1-2H3,(H,19,21). The maximum atomic E-state index is 12.3. The summed E-state index contributed by atoms with van der Waals surface area (Å²) in [6, 6.07) is 6.81. The minimum atomic E-state index is -0.283. The van der Waals surface area contributed by atoms with Gasteiger partial charge in [-0.15, -0.1) is 0 Å². The molecule has 3 rings (SSSR count). The first kappa shape index (κ1) is 15.8. The Balaban J connectivity index is 1.81. The number of benzene rings is 1. The van der Waals surface area contributed by atoms with Crippen molar-refractivity contribution in [2.75, 3.05) is 20.2 Å². The number of rotatable bonds is 4. The summed E-state index contributed by atoms with van der Waals surface area (Å²) < 4.78 is 10.4. The van der Waals surface area contributed by atoms with Crippen LogP contribution in [0.5, 0.6) is 5.75 Å². The van der Waals surface area contributed by atoms with E-state index in [0.717, 1.165) is 19.5 Å². The number of carbonyl (C=O) groups excluding carboxylic acids is 1. The van der Waals surface area contributed by atoms with E-state index in [-0.39, 0.29) is 17.2 Å². The Labute approximate surface area is 139 Å². The van der Waals surface area contributed by atoms with Gasteiger partial charge in [0.1, 0.15) is 11.4 Å². The molecule has 1 atom stereocenters. The summed E-state index contributed by atoms with van der Waals surface area (Å²) in [5.41, 5.74) is 0.883. The fraction of sp³-hybridized carbons (Fsp3) is 0.375. The molecule has 2 heterocycles. The molecule has 2 aromatic rings. The molecule has 0 bridgehead atoms. The largest absolute Gasteiger partial charge is 0.497 e. The maximum Gasteiger partial charge on any atom is 0.290 e.